The minimum atomic E-state index is 0. The van der Waals surface area contributed by atoms with Crippen LogP contribution in [0.5, 0.6) is 0 Å². The third-order valence-electron chi connectivity index (χ3n) is 1.06. The summed E-state index contributed by atoms with van der Waals surface area (Å²) in [5.74, 6) is 0. The summed E-state index contributed by atoms with van der Waals surface area (Å²) in [5, 5.41) is 21.0. The molecule has 0 heterocycles. The molecular weight excluding hydrogens is 202 g/mol. The second-order valence-electron chi connectivity index (χ2n) is 1.70. The Balaban J connectivity index is 0. The average Bonchev–Trinajstić information content (AvgIpc) is 2.05. The molecule has 1 aromatic carbocycles. The quantitative estimate of drug-likeness (QED) is 0.321. The van der Waals surface area contributed by atoms with Crippen molar-refractivity contribution in [3.63, 3.8) is 0 Å². The summed E-state index contributed by atoms with van der Waals surface area (Å²) in [6.45, 7) is 0. The first-order valence-corrected chi connectivity index (χ1v) is 2.72. The van der Waals surface area contributed by atoms with Crippen LogP contribution in [0.3, 0.4) is 0 Å². The van der Waals surface area contributed by atoms with Crippen molar-refractivity contribution in [3.05, 3.63) is 35.5 Å². The van der Waals surface area contributed by atoms with E-state index < -0.39 is 0 Å². The zero-order valence-electron chi connectivity index (χ0n) is 6.20. The number of rotatable bonds is 1. The summed E-state index contributed by atoms with van der Waals surface area (Å²) in [7, 11) is 0. The number of benzene rings is 1. The summed E-state index contributed by atoms with van der Waals surface area (Å²) in [5.41, 5.74) is 0.310. The van der Waals surface area contributed by atoms with Gasteiger partial charge in [-0.2, -0.15) is 0 Å². The van der Waals surface area contributed by atoms with Crippen LogP contribution in [0.4, 0.5) is 5.69 Å². The minimum absolute atomic E-state index is 0. The average molecular weight is 211 g/mol. The van der Waals surface area contributed by atoms with Gasteiger partial charge in [-0.1, -0.05) is 18.2 Å². The van der Waals surface area contributed by atoms with Crippen molar-refractivity contribution in [2.75, 3.05) is 0 Å². The van der Waals surface area contributed by atoms with Crippen molar-refractivity contribution in [3.8, 4) is 0 Å². The summed E-state index contributed by atoms with van der Waals surface area (Å²) in [4.78, 5) is 0.139. The van der Waals surface area contributed by atoms with Gasteiger partial charge in [-0.25, -0.2) is 0 Å². The van der Waals surface area contributed by atoms with E-state index in [1.54, 1.807) is 30.3 Å². The fraction of sp³-hybridized carbons (Fsp3) is 0. The van der Waals surface area contributed by atoms with Crippen LogP contribution in [0.25, 0.3) is 0 Å². The van der Waals surface area contributed by atoms with Gasteiger partial charge in [0, 0.05) is 29.2 Å². The van der Waals surface area contributed by atoms with Crippen LogP contribution in [-0.4, -0.2) is 10.1 Å². The molecule has 0 atom stereocenters. The number of para-hydroxylation sites is 1. The van der Waals surface area contributed by atoms with Gasteiger partial charge in [-0.15, -0.1) is 0 Å². The van der Waals surface area contributed by atoms with Crippen LogP contribution < -0.4 is 6.15 Å². The fourth-order valence-corrected chi connectivity index (χ4v) is 0.607. The van der Waals surface area contributed by atoms with Gasteiger partial charge < -0.3 is 16.6 Å². The van der Waals surface area contributed by atoms with Crippen molar-refractivity contribution in [1.29, 1.82) is 0 Å². The molecule has 4 N–H and O–H groups in total. The summed E-state index contributed by atoms with van der Waals surface area (Å²) >= 11 is 0. The molecule has 0 bridgehead atoms. The first-order chi connectivity index (χ1) is 4.84. The maximum absolute atomic E-state index is 10.5. The monoisotopic (exact) mass is 211 g/mol. The normalized spacial score (nSPS) is 9.50. The molecule has 0 amide bonds. The Kier molecular flexibility index (Phi) is 7.42. The van der Waals surface area contributed by atoms with Gasteiger partial charge >= 0.3 is 0 Å². The van der Waals surface area contributed by atoms with Gasteiger partial charge in [0.05, 0.1) is 0 Å². The van der Waals surface area contributed by atoms with Gasteiger partial charge in [0.2, 0.25) is 11.0 Å². The Bertz CT molecular complexity index is 240. The molecule has 5 nitrogen and oxygen atoms in total. The maximum atomic E-state index is 10.5. The molecule has 0 fully saturated rings. The van der Waals surface area contributed by atoms with E-state index in [9.17, 15) is 5.21 Å². The molecule has 1 rings (SSSR count). The van der Waals surface area contributed by atoms with Crippen molar-refractivity contribution in [2.45, 2.75) is 0 Å². The third-order valence-corrected chi connectivity index (χ3v) is 1.06. The molecule has 0 aliphatic heterocycles. The molecule has 0 saturated heterocycles. The van der Waals surface area contributed by atoms with E-state index in [0.717, 1.165) is 0 Å². The van der Waals surface area contributed by atoms with Crippen molar-refractivity contribution in [1.82, 2.24) is 6.15 Å². The van der Waals surface area contributed by atoms with Crippen LogP contribution in [0.15, 0.2) is 35.6 Å². The minimum Gasteiger partial charge on any atom is -0.592 e. The fourth-order valence-electron chi connectivity index (χ4n) is 0.607. The van der Waals surface area contributed by atoms with Crippen LogP contribution in [0, 0.1) is 5.21 Å². The predicted molar refractivity (Wildman–Crippen MR) is 39.0 cm³/mol. The van der Waals surface area contributed by atoms with Gasteiger partial charge in [-0.05, 0) is 4.86 Å². The molecule has 1 aromatic rings. The number of nitrogens with zero attached hydrogens (tertiary/aromatic N) is 2. The van der Waals surface area contributed by atoms with Crippen LogP contribution in [-0.2, 0) is 17.1 Å². The maximum Gasteiger partial charge on any atom is 0.248 e. The zero-order valence-corrected chi connectivity index (χ0v) is 7.30. The van der Waals surface area contributed by atoms with E-state index in [4.69, 9.17) is 5.21 Å². The van der Waals surface area contributed by atoms with E-state index in [0.29, 0.717) is 5.69 Å². The Morgan fingerprint density at radius 2 is 1.75 bits per heavy atom. The Labute approximate surface area is 80.3 Å². The van der Waals surface area contributed by atoms with Crippen molar-refractivity contribution in [2.24, 2.45) is 5.28 Å². The van der Waals surface area contributed by atoms with Gasteiger partial charge in [0.25, 0.3) is 0 Å². The Hall–Kier alpha value is -1.10. The molecule has 0 saturated carbocycles. The largest absolute Gasteiger partial charge is 0.592 e. The third kappa shape index (κ3) is 3.34. The first-order valence-electron chi connectivity index (χ1n) is 2.72. The van der Waals surface area contributed by atoms with Gasteiger partial charge in [-0.3, -0.25) is 0 Å². The molecule has 0 spiro atoms. The summed E-state index contributed by atoms with van der Waals surface area (Å²) < 4.78 is 0. The SMILES string of the molecule is N.[Fe].[O-][N+](=NO)c1ccccc1. The van der Waals surface area contributed by atoms with Gasteiger partial charge in [0.1, 0.15) is 0 Å². The molecule has 12 heavy (non-hydrogen) atoms. The van der Waals surface area contributed by atoms with E-state index >= 15 is 0 Å². The van der Waals surface area contributed by atoms with Gasteiger partial charge in [0.15, 0.2) is 0 Å². The second kappa shape index (κ2) is 6.60. The Morgan fingerprint density at radius 1 is 1.25 bits per heavy atom. The molecular formula is C6H9FeN3O2. The van der Waals surface area contributed by atoms with E-state index in [2.05, 4.69) is 5.28 Å². The van der Waals surface area contributed by atoms with E-state index in [1.807, 2.05) is 0 Å². The standard InChI is InChI=1S/C6H6N2O2.Fe.H3N/c9-7-8(10)6-4-2-1-3-5-6;;/h1-5,9H;;1H3. The first kappa shape index (κ1) is 13.5. The molecule has 0 unspecified atom stereocenters. The summed E-state index contributed by atoms with van der Waals surface area (Å²) in [6, 6.07) is 8.24. The predicted octanol–water partition coefficient (Wildman–Crippen LogP) is 1.83. The van der Waals surface area contributed by atoms with Crippen LogP contribution in [0.1, 0.15) is 0 Å². The number of hydrogen-bond donors (Lipinski definition) is 2. The molecule has 0 aromatic heterocycles. The van der Waals surface area contributed by atoms with Crippen molar-refractivity contribution >= 4 is 5.69 Å². The topological polar surface area (TPSA) is 93.7 Å². The van der Waals surface area contributed by atoms with Crippen LogP contribution in [0.2, 0.25) is 0 Å². The molecule has 6 heteroatoms. The second-order valence-corrected chi connectivity index (χ2v) is 1.70. The Morgan fingerprint density at radius 3 is 2.17 bits per heavy atom. The number of hydrogen-bond acceptors (Lipinski definition) is 3. The molecule has 0 aliphatic carbocycles. The van der Waals surface area contributed by atoms with E-state index in [-0.39, 0.29) is 28.1 Å². The zero-order chi connectivity index (χ0) is 7.40. The smallest absolute Gasteiger partial charge is 0.248 e. The van der Waals surface area contributed by atoms with Crippen LogP contribution >= 0.6 is 0 Å². The van der Waals surface area contributed by atoms with E-state index in [1.165, 1.54) is 0 Å². The molecule has 0 radical (unpaired) electrons. The van der Waals surface area contributed by atoms with Crippen molar-refractivity contribution < 1.29 is 27.1 Å². The summed E-state index contributed by atoms with van der Waals surface area (Å²) in [6.07, 6.45) is 0. The molecule has 68 valence electrons. The molecule has 0 aliphatic rings.